The molecule has 0 saturated heterocycles. The lowest BCUT2D eigenvalue weighted by Crippen LogP contribution is -2.29. The van der Waals surface area contributed by atoms with Gasteiger partial charge < -0.3 is 10.0 Å². The summed E-state index contributed by atoms with van der Waals surface area (Å²) in [7, 11) is 1.58. The Hall–Kier alpha value is -1.85. The molecule has 6 nitrogen and oxygen atoms in total. The first kappa shape index (κ1) is 12.2. The second-order valence-corrected chi connectivity index (χ2v) is 3.68. The van der Waals surface area contributed by atoms with Crippen LogP contribution < -0.4 is 0 Å². The van der Waals surface area contributed by atoms with Gasteiger partial charge in [-0.25, -0.2) is 0 Å². The van der Waals surface area contributed by atoms with Crippen LogP contribution in [0.25, 0.3) is 0 Å². The number of aryl methyl sites for hydroxylation is 2. The van der Waals surface area contributed by atoms with E-state index in [1.807, 2.05) is 0 Å². The van der Waals surface area contributed by atoms with E-state index in [2.05, 4.69) is 10.2 Å². The number of aromatic amines is 1. The number of H-pyrrole nitrogens is 1. The molecule has 0 bridgehead atoms. The predicted molar refractivity (Wildman–Crippen MR) is 57.3 cm³/mol. The molecule has 1 amide bonds. The molecule has 1 heterocycles. The van der Waals surface area contributed by atoms with E-state index in [9.17, 15) is 9.59 Å². The zero-order valence-corrected chi connectivity index (χ0v) is 9.57. The summed E-state index contributed by atoms with van der Waals surface area (Å²) in [6.45, 7) is 3.69. The molecule has 0 aliphatic carbocycles. The van der Waals surface area contributed by atoms with Crippen molar-refractivity contribution in [3.05, 3.63) is 17.0 Å². The molecule has 16 heavy (non-hydrogen) atoms. The number of rotatable bonds is 4. The molecule has 6 heteroatoms. The monoisotopic (exact) mass is 225 g/mol. The third-order valence-electron chi connectivity index (χ3n) is 2.35. The Morgan fingerprint density at radius 2 is 2.06 bits per heavy atom. The molecular weight excluding hydrogens is 210 g/mol. The highest BCUT2D eigenvalue weighted by atomic mass is 16.4. The summed E-state index contributed by atoms with van der Waals surface area (Å²) >= 11 is 0. The number of hydrogen-bond donors (Lipinski definition) is 2. The summed E-state index contributed by atoms with van der Waals surface area (Å²) in [5, 5.41) is 15.2. The average molecular weight is 225 g/mol. The van der Waals surface area contributed by atoms with Gasteiger partial charge in [-0.2, -0.15) is 5.10 Å². The van der Waals surface area contributed by atoms with Gasteiger partial charge in [0.2, 0.25) is 0 Å². The third kappa shape index (κ3) is 2.59. The fourth-order valence-electron chi connectivity index (χ4n) is 1.42. The lowest BCUT2D eigenvalue weighted by atomic mass is 10.1. The SMILES string of the molecule is Cc1n[nH]c(C)c1C(=O)N(C)CCC(=O)O. The molecular formula is C10H15N3O3. The molecule has 0 fully saturated rings. The second kappa shape index (κ2) is 4.78. The van der Waals surface area contributed by atoms with Crippen molar-refractivity contribution in [2.24, 2.45) is 0 Å². The fourth-order valence-corrected chi connectivity index (χ4v) is 1.42. The Morgan fingerprint density at radius 1 is 1.44 bits per heavy atom. The van der Waals surface area contributed by atoms with Gasteiger partial charge in [-0.1, -0.05) is 0 Å². The molecule has 1 rings (SSSR count). The third-order valence-corrected chi connectivity index (χ3v) is 2.35. The van der Waals surface area contributed by atoms with Crippen molar-refractivity contribution >= 4 is 11.9 Å². The Bertz CT molecular complexity index is 392. The van der Waals surface area contributed by atoms with Crippen molar-refractivity contribution in [2.45, 2.75) is 20.3 Å². The predicted octanol–water partition coefficient (Wildman–Crippen LogP) is 0.573. The molecule has 2 N–H and O–H groups in total. The molecule has 0 radical (unpaired) electrons. The maximum Gasteiger partial charge on any atom is 0.305 e. The first-order valence-electron chi connectivity index (χ1n) is 4.92. The summed E-state index contributed by atoms with van der Waals surface area (Å²) in [5.74, 6) is -1.12. The Kier molecular flexibility index (Phi) is 3.65. The summed E-state index contributed by atoms with van der Waals surface area (Å²) < 4.78 is 0. The number of nitrogens with zero attached hydrogens (tertiary/aromatic N) is 2. The fraction of sp³-hybridized carbons (Fsp3) is 0.500. The molecule has 1 aromatic rings. The largest absolute Gasteiger partial charge is 0.481 e. The highest BCUT2D eigenvalue weighted by molar-refractivity contribution is 5.96. The number of hydrogen-bond acceptors (Lipinski definition) is 3. The summed E-state index contributed by atoms with van der Waals surface area (Å²) in [4.78, 5) is 23.7. The number of aliphatic carboxylic acids is 1. The summed E-state index contributed by atoms with van der Waals surface area (Å²) in [6, 6.07) is 0. The number of amides is 1. The van der Waals surface area contributed by atoms with E-state index in [4.69, 9.17) is 5.11 Å². The van der Waals surface area contributed by atoms with Gasteiger partial charge in [0.25, 0.3) is 5.91 Å². The van der Waals surface area contributed by atoms with Crippen molar-refractivity contribution in [3.63, 3.8) is 0 Å². The van der Waals surface area contributed by atoms with E-state index in [-0.39, 0.29) is 18.9 Å². The highest BCUT2D eigenvalue weighted by Gasteiger charge is 2.19. The molecule has 0 aliphatic rings. The van der Waals surface area contributed by atoms with E-state index in [1.54, 1.807) is 20.9 Å². The van der Waals surface area contributed by atoms with Crippen LogP contribution in [-0.2, 0) is 4.79 Å². The molecule has 0 aromatic carbocycles. The van der Waals surface area contributed by atoms with Gasteiger partial charge in [0.1, 0.15) is 0 Å². The summed E-state index contributed by atoms with van der Waals surface area (Å²) in [6.07, 6.45) is -0.0574. The van der Waals surface area contributed by atoms with Gasteiger partial charge in [-0.05, 0) is 13.8 Å². The molecule has 1 aromatic heterocycles. The van der Waals surface area contributed by atoms with Crippen LogP contribution in [0.5, 0.6) is 0 Å². The molecule has 0 spiro atoms. The van der Waals surface area contributed by atoms with Crippen LogP contribution in [-0.4, -0.2) is 45.7 Å². The van der Waals surface area contributed by atoms with Crippen molar-refractivity contribution < 1.29 is 14.7 Å². The van der Waals surface area contributed by atoms with Crippen LogP contribution in [0, 0.1) is 13.8 Å². The first-order valence-corrected chi connectivity index (χ1v) is 4.92. The van der Waals surface area contributed by atoms with Crippen molar-refractivity contribution in [1.82, 2.24) is 15.1 Å². The maximum absolute atomic E-state index is 11.9. The van der Waals surface area contributed by atoms with Crippen molar-refractivity contribution in [2.75, 3.05) is 13.6 Å². The van der Waals surface area contributed by atoms with Crippen LogP contribution in [0.1, 0.15) is 28.2 Å². The standard InChI is InChI=1S/C10H15N3O3/c1-6-9(7(2)12-11-6)10(16)13(3)5-4-8(14)15/h4-5H2,1-3H3,(H,11,12)(H,14,15). The molecule has 0 aliphatic heterocycles. The average Bonchev–Trinajstić information content (AvgIpc) is 2.54. The van der Waals surface area contributed by atoms with Crippen LogP contribution in [0.4, 0.5) is 0 Å². The first-order chi connectivity index (χ1) is 7.43. The maximum atomic E-state index is 11.9. The van der Waals surface area contributed by atoms with Crippen LogP contribution in [0.15, 0.2) is 0 Å². The minimum absolute atomic E-state index is 0.0574. The lowest BCUT2D eigenvalue weighted by Gasteiger charge is -2.15. The summed E-state index contributed by atoms with van der Waals surface area (Å²) in [5.41, 5.74) is 1.85. The van der Waals surface area contributed by atoms with Gasteiger partial charge in [0.15, 0.2) is 0 Å². The van der Waals surface area contributed by atoms with E-state index in [0.717, 1.165) is 0 Å². The Morgan fingerprint density at radius 3 is 2.50 bits per heavy atom. The zero-order valence-electron chi connectivity index (χ0n) is 9.57. The minimum atomic E-state index is -0.916. The van der Waals surface area contributed by atoms with Gasteiger partial charge in [-0.15, -0.1) is 0 Å². The van der Waals surface area contributed by atoms with Gasteiger partial charge in [0.05, 0.1) is 17.7 Å². The number of carboxylic acid groups (broad SMARTS) is 1. The quantitative estimate of drug-likeness (QED) is 0.784. The Balaban J connectivity index is 2.74. The van der Waals surface area contributed by atoms with Crippen LogP contribution in [0.2, 0.25) is 0 Å². The molecule has 0 atom stereocenters. The number of carbonyl (C=O) groups excluding carboxylic acids is 1. The van der Waals surface area contributed by atoms with Gasteiger partial charge >= 0.3 is 5.97 Å². The molecule has 0 unspecified atom stereocenters. The van der Waals surface area contributed by atoms with Gasteiger partial charge in [0, 0.05) is 19.3 Å². The lowest BCUT2D eigenvalue weighted by molar-refractivity contribution is -0.137. The van der Waals surface area contributed by atoms with Crippen molar-refractivity contribution in [1.29, 1.82) is 0 Å². The molecule has 88 valence electrons. The topological polar surface area (TPSA) is 86.3 Å². The van der Waals surface area contributed by atoms with E-state index < -0.39 is 5.97 Å². The van der Waals surface area contributed by atoms with E-state index in [0.29, 0.717) is 17.0 Å². The van der Waals surface area contributed by atoms with Crippen LogP contribution >= 0.6 is 0 Å². The Labute approximate surface area is 93.3 Å². The van der Waals surface area contributed by atoms with Gasteiger partial charge in [-0.3, -0.25) is 14.7 Å². The molecule has 0 saturated carbocycles. The van der Waals surface area contributed by atoms with E-state index in [1.165, 1.54) is 4.90 Å². The highest BCUT2D eigenvalue weighted by Crippen LogP contribution is 2.11. The number of aromatic nitrogens is 2. The van der Waals surface area contributed by atoms with Crippen molar-refractivity contribution in [3.8, 4) is 0 Å². The second-order valence-electron chi connectivity index (χ2n) is 3.68. The minimum Gasteiger partial charge on any atom is -0.481 e. The normalized spacial score (nSPS) is 10.2. The number of nitrogens with one attached hydrogen (secondary N) is 1. The smallest absolute Gasteiger partial charge is 0.305 e. The van der Waals surface area contributed by atoms with Crippen LogP contribution in [0.3, 0.4) is 0 Å². The van der Waals surface area contributed by atoms with E-state index >= 15 is 0 Å². The number of carboxylic acids is 1. The number of carbonyl (C=O) groups is 2. The zero-order chi connectivity index (χ0) is 12.3.